The molecule has 12 atom stereocenters. The SMILES string of the molecule is C#C[C@]1(O)CCC2C3CCC4=CC(=O)CCC4C3C(=C)C[C@@]21CC.CCOC1=CC2=CCC3C(C2CC1)C(O)(C[Si](C)(C)C)C[C@]1(CC)C(=O)CCC31. The van der Waals surface area contributed by atoms with Gasteiger partial charge in [-0.25, -0.2) is 0 Å². The fourth-order valence-electron chi connectivity index (χ4n) is 14.8. The third kappa shape index (κ3) is 6.26. The summed E-state index contributed by atoms with van der Waals surface area (Å²) in [6.45, 7) is 18.7. The Balaban J connectivity index is 0.000000167. The predicted molar refractivity (Wildman–Crippen MR) is 215 cm³/mol. The van der Waals surface area contributed by atoms with Crippen LogP contribution in [-0.2, 0) is 14.3 Å². The Hall–Kier alpha value is -2.20. The van der Waals surface area contributed by atoms with E-state index in [2.05, 4.69) is 58.1 Å². The molecule has 5 fully saturated rings. The summed E-state index contributed by atoms with van der Waals surface area (Å²) in [5.74, 6) is 8.30. The summed E-state index contributed by atoms with van der Waals surface area (Å²) in [5, 5.41) is 23.6. The van der Waals surface area contributed by atoms with E-state index in [1.165, 1.54) is 16.7 Å². The quantitative estimate of drug-likeness (QED) is 0.161. The first-order valence-corrected chi connectivity index (χ1v) is 25.2. The molecule has 0 aromatic carbocycles. The van der Waals surface area contributed by atoms with E-state index in [1.807, 2.05) is 13.0 Å². The summed E-state index contributed by atoms with van der Waals surface area (Å²) < 4.78 is 5.84. The molecule has 8 aliphatic carbocycles. The maximum atomic E-state index is 13.1. The van der Waals surface area contributed by atoms with E-state index < -0.39 is 19.3 Å². The largest absolute Gasteiger partial charge is 0.498 e. The lowest BCUT2D eigenvalue weighted by atomic mass is 9.47. The molecule has 0 bridgehead atoms. The fraction of sp³-hybridized carbons (Fsp3) is 0.745. The second kappa shape index (κ2) is 14.1. The van der Waals surface area contributed by atoms with Crippen LogP contribution in [0.3, 0.4) is 0 Å². The molecule has 6 heteroatoms. The number of hydrogen-bond donors (Lipinski definition) is 2. The molecule has 0 amide bonds. The number of allylic oxidation sites excluding steroid dienone is 6. The highest BCUT2D eigenvalue weighted by molar-refractivity contribution is 6.76. The van der Waals surface area contributed by atoms with Crippen LogP contribution in [0.1, 0.15) is 117 Å². The van der Waals surface area contributed by atoms with Crippen molar-refractivity contribution in [1.29, 1.82) is 0 Å². The summed E-state index contributed by atoms with van der Waals surface area (Å²) in [5.41, 5.74) is 1.89. The highest BCUT2D eigenvalue weighted by Gasteiger charge is 2.66. The third-order valence-electron chi connectivity index (χ3n) is 16.4. The van der Waals surface area contributed by atoms with Crippen molar-refractivity contribution in [2.45, 2.75) is 154 Å². The average Bonchev–Trinajstić information content (AvgIpc) is 3.60. The monoisotopic (exact) mass is 740 g/mol. The van der Waals surface area contributed by atoms with E-state index in [9.17, 15) is 19.8 Å². The van der Waals surface area contributed by atoms with E-state index in [1.54, 1.807) is 0 Å². The molecule has 0 saturated heterocycles. The fourth-order valence-corrected chi connectivity index (χ4v) is 17.0. The van der Waals surface area contributed by atoms with Gasteiger partial charge in [0.05, 0.1) is 18.0 Å². The van der Waals surface area contributed by atoms with Gasteiger partial charge in [0.2, 0.25) is 0 Å². The molecule has 53 heavy (non-hydrogen) atoms. The Kier molecular flexibility index (Phi) is 10.4. The zero-order valence-electron chi connectivity index (χ0n) is 33.8. The van der Waals surface area contributed by atoms with Gasteiger partial charge in [-0.2, -0.15) is 0 Å². The number of rotatable bonds is 6. The van der Waals surface area contributed by atoms with E-state index in [-0.39, 0.29) is 10.8 Å². The van der Waals surface area contributed by atoms with Gasteiger partial charge >= 0.3 is 0 Å². The maximum Gasteiger partial charge on any atom is 0.155 e. The van der Waals surface area contributed by atoms with Crippen LogP contribution in [-0.4, -0.2) is 47.7 Å². The minimum Gasteiger partial charge on any atom is -0.498 e. The Morgan fingerprint density at radius 3 is 2.36 bits per heavy atom. The van der Waals surface area contributed by atoms with E-state index in [0.29, 0.717) is 71.8 Å². The zero-order valence-corrected chi connectivity index (χ0v) is 34.8. The maximum absolute atomic E-state index is 13.1. The van der Waals surface area contributed by atoms with E-state index in [4.69, 9.17) is 11.2 Å². The molecule has 8 aliphatic rings. The lowest BCUT2D eigenvalue weighted by Gasteiger charge is -2.60. The van der Waals surface area contributed by atoms with Crippen LogP contribution in [0.25, 0.3) is 0 Å². The average molecular weight is 741 g/mol. The lowest BCUT2D eigenvalue weighted by molar-refractivity contribution is -0.164. The molecule has 290 valence electrons. The zero-order chi connectivity index (χ0) is 38.1. The van der Waals surface area contributed by atoms with Crippen LogP contribution in [0.4, 0.5) is 0 Å². The molecule has 5 nitrogen and oxygen atoms in total. The molecule has 0 aromatic heterocycles. The van der Waals surface area contributed by atoms with Crippen LogP contribution >= 0.6 is 0 Å². The summed E-state index contributed by atoms with van der Waals surface area (Å²) in [4.78, 5) is 25.0. The van der Waals surface area contributed by atoms with Gasteiger partial charge in [0.1, 0.15) is 11.4 Å². The number of ketones is 2. The van der Waals surface area contributed by atoms with Gasteiger partial charge in [-0.3, -0.25) is 9.59 Å². The number of aliphatic hydroxyl groups is 2. The van der Waals surface area contributed by atoms with Crippen molar-refractivity contribution in [1.82, 2.24) is 0 Å². The summed E-state index contributed by atoms with van der Waals surface area (Å²) in [6, 6.07) is 0.911. The van der Waals surface area contributed by atoms with E-state index in [0.717, 1.165) is 102 Å². The van der Waals surface area contributed by atoms with Crippen molar-refractivity contribution in [2.24, 2.45) is 58.2 Å². The number of carbonyl (C=O) groups excluding carboxylic acids is 2. The molecule has 0 radical (unpaired) electrons. The second-order valence-corrected chi connectivity index (χ2v) is 25.4. The van der Waals surface area contributed by atoms with Crippen molar-refractivity contribution < 1.29 is 24.5 Å². The van der Waals surface area contributed by atoms with Gasteiger partial charge in [-0.1, -0.05) is 63.2 Å². The van der Waals surface area contributed by atoms with Gasteiger partial charge in [0, 0.05) is 38.2 Å². The molecule has 8 rings (SSSR count). The Bertz CT molecular complexity index is 1640. The second-order valence-electron chi connectivity index (χ2n) is 20.0. The van der Waals surface area contributed by atoms with Crippen LogP contribution < -0.4 is 0 Å². The number of Topliss-reactive ketones (excluding diaryl/α,β-unsaturated/α-hetero) is 1. The molecular weight excluding hydrogens is 673 g/mol. The van der Waals surface area contributed by atoms with Gasteiger partial charge < -0.3 is 14.9 Å². The molecule has 0 aliphatic heterocycles. The van der Waals surface area contributed by atoms with Gasteiger partial charge in [-0.15, -0.1) is 6.42 Å². The minimum atomic E-state index is -1.51. The summed E-state index contributed by atoms with van der Waals surface area (Å²) in [7, 11) is -1.51. The highest BCUT2D eigenvalue weighted by Crippen LogP contribution is 2.68. The van der Waals surface area contributed by atoms with Crippen LogP contribution in [0, 0.1) is 70.5 Å². The molecule has 0 aromatic rings. The molecular formula is C47H68O5Si. The van der Waals surface area contributed by atoms with Crippen molar-refractivity contribution in [2.75, 3.05) is 6.61 Å². The first kappa shape index (κ1) is 39.0. The lowest BCUT2D eigenvalue weighted by Crippen LogP contribution is -2.61. The molecule has 0 spiro atoms. The number of carbonyl (C=O) groups is 2. The molecule has 5 saturated carbocycles. The minimum absolute atomic E-state index is 0.189. The Morgan fingerprint density at radius 2 is 1.68 bits per heavy atom. The number of fused-ring (bicyclic) bond motifs is 10. The van der Waals surface area contributed by atoms with Gasteiger partial charge in [0.15, 0.2) is 5.78 Å². The number of ether oxygens (including phenoxy) is 1. The summed E-state index contributed by atoms with van der Waals surface area (Å²) in [6.07, 6.45) is 26.2. The number of hydrogen-bond acceptors (Lipinski definition) is 5. The van der Waals surface area contributed by atoms with Crippen molar-refractivity contribution in [3.63, 3.8) is 0 Å². The summed E-state index contributed by atoms with van der Waals surface area (Å²) >= 11 is 0. The first-order chi connectivity index (χ1) is 25.1. The van der Waals surface area contributed by atoms with Crippen LogP contribution in [0.5, 0.6) is 0 Å². The van der Waals surface area contributed by atoms with E-state index >= 15 is 0 Å². The standard InChI is InChI=1S/C25H40O3Si.C22H28O2/c1-6-24-15-25(27,16-29(3,4)5)23-19-11-9-18(28-7-2)14-17(19)8-10-20(23)21(24)12-13-22(24)26;1-4-21-13-14(3)20-17-9-7-16(23)12-15(17)6-8-18(20)19(21)10-11-22(21,24)5-2/h8,14,19-21,23,27H,6-7,9-13,15-16H2,1-5H3;2,12,17-20,24H,3-4,6-11,13H2,1H3/t19?,20?,21?,23?,24-,25?;17?,18?,19?,20?,21-,22-/m00/s1. The van der Waals surface area contributed by atoms with Gasteiger partial charge in [0.25, 0.3) is 0 Å². The molecule has 0 heterocycles. The van der Waals surface area contributed by atoms with Crippen molar-refractivity contribution in [3.8, 4) is 12.3 Å². The first-order valence-electron chi connectivity index (χ1n) is 21.5. The van der Waals surface area contributed by atoms with Crippen LogP contribution in [0.2, 0.25) is 25.7 Å². The predicted octanol–water partition coefficient (Wildman–Crippen LogP) is 9.78. The number of terminal acetylenes is 1. The van der Waals surface area contributed by atoms with Crippen molar-refractivity contribution in [3.05, 3.63) is 47.3 Å². The topological polar surface area (TPSA) is 83.8 Å². The Morgan fingerprint density at radius 1 is 0.925 bits per heavy atom. The highest BCUT2D eigenvalue weighted by atomic mass is 28.3. The normalized spacial score (nSPS) is 44.3. The van der Waals surface area contributed by atoms with Crippen LogP contribution in [0.15, 0.2) is 47.3 Å². The molecule has 2 N–H and O–H groups in total. The third-order valence-corrected chi connectivity index (χ3v) is 18.1. The van der Waals surface area contributed by atoms with Crippen molar-refractivity contribution >= 4 is 19.6 Å². The van der Waals surface area contributed by atoms with Gasteiger partial charge in [-0.05, 0) is 155 Å². The smallest absolute Gasteiger partial charge is 0.155 e. The molecule has 9 unspecified atom stereocenters. The Labute approximate surface area is 321 Å².